The van der Waals surface area contributed by atoms with Gasteiger partial charge in [-0.05, 0) is 69.8 Å². The van der Waals surface area contributed by atoms with Crippen LogP contribution < -0.4 is 10.6 Å². The summed E-state index contributed by atoms with van der Waals surface area (Å²) in [6.45, 7) is 17.3. The number of methoxy groups -OCH3 is 1. The van der Waals surface area contributed by atoms with Crippen molar-refractivity contribution >= 4 is 17.6 Å². The maximum absolute atomic E-state index is 11.6. The molecule has 0 amide bonds. The Labute approximate surface area is 213 Å². The molecule has 0 radical (unpaired) electrons. The largest absolute Gasteiger partial charge is 0.480 e. The molecular formula is C27H49N5O3. The van der Waals surface area contributed by atoms with Crippen LogP contribution >= 0.6 is 0 Å². The van der Waals surface area contributed by atoms with E-state index in [4.69, 9.17) is 9.72 Å². The lowest BCUT2D eigenvalue weighted by molar-refractivity contribution is -0.138. The number of unbranched alkanes of at least 4 members (excludes halogenated alkanes) is 1. The number of aryl methyl sites for hydroxylation is 2. The first-order chi connectivity index (χ1) is 17.0. The van der Waals surface area contributed by atoms with Gasteiger partial charge in [-0.2, -0.15) is 0 Å². The van der Waals surface area contributed by atoms with E-state index in [1.54, 1.807) is 14.0 Å². The maximum Gasteiger partial charge on any atom is 0.328 e. The Morgan fingerprint density at radius 2 is 2.03 bits per heavy atom. The van der Waals surface area contributed by atoms with Gasteiger partial charge in [0.2, 0.25) is 0 Å². The Morgan fingerprint density at radius 1 is 1.29 bits per heavy atom. The van der Waals surface area contributed by atoms with Crippen molar-refractivity contribution in [1.29, 1.82) is 0 Å². The number of amidine groups is 1. The number of pyridine rings is 1. The van der Waals surface area contributed by atoms with Crippen molar-refractivity contribution in [3.05, 3.63) is 36.2 Å². The number of carboxylic acid groups (broad SMARTS) is 1. The Hall–Kier alpha value is -2.45. The minimum atomic E-state index is -0.913. The van der Waals surface area contributed by atoms with Crippen LogP contribution in [0.15, 0.2) is 29.9 Å². The zero-order chi connectivity index (χ0) is 26.5. The average molecular weight is 492 g/mol. The van der Waals surface area contributed by atoms with Crippen LogP contribution in [0.2, 0.25) is 0 Å². The molecule has 8 nitrogen and oxygen atoms in total. The molecular weight excluding hydrogens is 442 g/mol. The van der Waals surface area contributed by atoms with Gasteiger partial charge in [0.15, 0.2) is 6.04 Å². The first-order valence-corrected chi connectivity index (χ1v) is 13.1. The lowest BCUT2D eigenvalue weighted by atomic mass is 10.1. The number of aromatic nitrogens is 1. The normalized spacial score (nSPS) is 13.3. The predicted molar refractivity (Wildman–Crippen MR) is 147 cm³/mol. The second kappa shape index (κ2) is 20.9. The number of aliphatic imine (C=N–C) groups is 1. The summed E-state index contributed by atoms with van der Waals surface area (Å²) in [4.78, 5) is 22.8. The van der Waals surface area contributed by atoms with Crippen molar-refractivity contribution in [2.24, 2.45) is 4.99 Å². The molecule has 0 saturated heterocycles. The minimum Gasteiger partial charge on any atom is -0.480 e. The number of hydrogen-bond donors (Lipinski definition) is 3. The molecule has 0 bridgehead atoms. The number of ether oxygens (including phenoxy) is 1. The first-order valence-electron chi connectivity index (χ1n) is 13.1. The van der Waals surface area contributed by atoms with E-state index in [-0.39, 0.29) is 0 Å². The van der Waals surface area contributed by atoms with Gasteiger partial charge in [0, 0.05) is 32.4 Å². The van der Waals surface area contributed by atoms with E-state index in [1.165, 1.54) is 18.2 Å². The third-order valence-electron chi connectivity index (χ3n) is 5.38. The summed E-state index contributed by atoms with van der Waals surface area (Å²) in [5.74, 6) is 0.689. The Morgan fingerprint density at radius 3 is 2.69 bits per heavy atom. The molecule has 1 aliphatic heterocycles. The van der Waals surface area contributed by atoms with Gasteiger partial charge in [-0.25, -0.2) is 9.78 Å². The third-order valence-corrected chi connectivity index (χ3v) is 5.38. The molecule has 0 fully saturated rings. The number of fused-ring (bicyclic) bond motifs is 1. The molecule has 1 aliphatic rings. The van der Waals surface area contributed by atoms with Crippen molar-refractivity contribution < 1.29 is 14.6 Å². The molecule has 0 aromatic carbocycles. The lowest BCUT2D eigenvalue weighted by Gasteiger charge is -2.23. The second-order valence-electron chi connectivity index (χ2n) is 7.84. The number of nitrogens with zero attached hydrogens (tertiary/aromatic N) is 3. The van der Waals surface area contributed by atoms with Crippen molar-refractivity contribution in [3.8, 4) is 0 Å². The highest BCUT2D eigenvalue weighted by molar-refractivity contribution is 5.84. The van der Waals surface area contributed by atoms with Crippen LogP contribution in [0.5, 0.6) is 0 Å². The Bertz CT molecular complexity index is 740. The average Bonchev–Trinajstić information content (AvgIpc) is 2.89. The van der Waals surface area contributed by atoms with Gasteiger partial charge < -0.3 is 25.4 Å². The highest BCUT2D eigenvalue weighted by Gasteiger charge is 2.18. The molecule has 35 heavy (non-hydrogen) atoms. The molecule has 2 rings (SSSR count). The van der Waals surface area contributed by atoms with E-state index < -0.39 is 12.0 Å². The van der Waals surface area contributed by atoms with Crippen molar-refractivity contribution in [2.75, 3.05) is 45.2 Å². The number of rotatable bonds is 14. The lowest BCUT2D eigenvalue weighted by Crippen LogP contribution is -2.33. The fourth-order valence-corrected chi connectivity index (χ4v) is 3.67. The Balaban J connectivity index is 0.00000274. The summed E-state index contributed by atoms with van der Waals surface area (Å²) in [5, 5.41) is 15.7. The van der Waals surface area contributed by atoms with Gasteiger partial charge in [0.05, 0.1) is 12.4 Å². The number of hydrogen-bond acceptors (Lipinski definition) is 6. The number of carbonyl (C=O) groups is 1. The topological polar surface area (TPSA) is 99.1 Å². The summed E-state index contributed by atoms with van der Waals surface area (Å²) >= 11 is 0. The summed E-state index contributed by atoms with van der Waals surface area (Å²) in [6, 6.07) is 3.57. The summed E-state index contributed by atoms with van der Waals surface area (Å²) < 4.78 is 5.23. The fraction of sp³-hybridized carbons (Fsp3) is 0.667. The van der Waals surface area contributed by atoms with Crippen LogP contribution in [-0.4, -0.2) is 72.7 Å². The molecule has 200 valence electrons. The third kappa shape index (κ3) is 13.9. The second-order valence-corrected chi connectivity index (χ2v) is 7.84. The number of anilines is 1. The van der Waals surface area contributed by atoms with Gasteiger partial charge in [-0.15, -0.1) is 0 Å². The molecule has 3 N–H and O–H groups in total. The summed E-state index contributed by atoms with van der Waals surface area (Å²) in [7, 11) is 1.68. The van der Waals surface area contributed by atoms with Crippen molar-refractivity contribution in [3.63, 3.8) is 0 Å². The number of aliphatic carboxylic acids is 1. The minimum absolute atomic E-state index is 0.452. The number of nitrogens with one attached hydrogen (secondary N) is 2. The summed E-state index contributed by atoms with van der Waals surface area (Å²) in [6.07, 6.45) is 7.23. The zero-order valence-corrected chi connectivity index (χ0v) is 22.9. The molecule has 0 aliphatic carbocycles. The van der Waals surface area contributed by atoms with Gasteiger partial charge in [-0.1, -0.05) is 40.3 Å². The van der Waals surface area contributed by atoms with Crippen molar-refractivity contribution in [2.45, 2.75) is 79.2 Å². The quantitative estimate of drug-likeness (QED) is 0.196. The molecule has 2 heterocycles. The molecule has 8 heteroatoms. The molecule has 0 saturated carbocycles. The van der Waals surface area contributed by atoms with E-state index in [9.17, 15) is 9.90 Å². The Kier molecular flexibility index (Phi) is 19.4. The standard InChI is InChI=1S/C23H37N5O3.2C2H6/c1-4-24-18(2)26-21(23(29)30)12-15-28(16-17-31-3)14-6-5-9-20-11-10-19-8-7-13-25-22(19)27-20;2*1-2/h4,10-11,21H,1,5-9,12-17H2,2-3H3,(H,24,26)(H,25,27)(H,29,30);2*1-2H3. The fourth-order valence-electron chi connectivity index (χ4n) is 3.67. The van der Waals surface area contributed by atoms with Gasteiger partial charge in [0.25, 0.3) is 0 Å². The molecule has 1 aromatic heterocycles. The number of carboxylic acids is 1. The molecule has 1 atom stereocenters. The van der Waals surface area contributed by atoms with Crippen LogP contribution in [0.3, 0.4) is 0 Å². The van der Waals surface area contributed by atoms with Crippen molar-refractivity contribution in [1.82, 2.24) is 15.2 Å². The van der Waals surface area contributed by atoms with E-state index in [2.05, 4.69) is 39.2 Å². The first kappa shape index (κ1) is 32.5. The molecule has 0 spiro atoms. The maximum atomic E-state index is 11.6. The van der Waals surface area contributed by atoms with Crippen LogP contribution in [0, 0.1) is 0 Å². The van der Waals surface area contributed by atoms with Gasteiger partial charge in [0.1, 0.15) is 5.82 Å². The zero-order valence-electron chi connectivity index (χ0n) is 22.9. The van der Waals surface area contributed by atoms with E-state index in [1.807, 2.05) is 27.7 Å². The van der Waals surface area contributed by atoms with E-state index in [0.29, 0.717) is 25.4 Å². The SMILES string of the molecule is C=CNC(C)=NC(CCN(CCCCc1ccc2c(n1)NCCC2)CCOC)C(=O)O.CC.CC. The molecule has 1 unspecified atom stereocenters. The smallest absolute Gasteiger partial charge is 0.328 e. The monoisotopic (exact) mass is 491 g/mol. The van der Waals surface area contributed by atoms with Crippen LogP contribution in [0.1, 0.15) is 71.6 Å². The summed E-state index contributed by atoms with van der Waals surface area (Å²) in [5.41, 5.74) is 2.44. The van der Waals surface area contributed by atoms with Crippen LogP contribution in [-0.2, 0) is 22.4 Å². The van der Waals surface area contributed by atoms with Crippen LogP contribution in [0.4, 0.5) is 5.82 Å². The predicted octanol–water partition coefficient (Wildman–Crippen LogP) is 4.76. The highest BCUT2D eigenvalue weighted by atomic mass is 16.5. The highest BCUT2D eigenvalue weighted by Crippen LogP contribution is 2.20. The molecule has 1 aromatic rings. The van der Waals surface area contributed by atoms with Gasteiger partial charge >= 0.3 is 5.97 Å². The van der Waals surface area contributed by atoms with E-state index >= 15 is 0 Å². The van der Waals surface area contributed by atoms with E-state index in [0.717, 1.165) is 56.8 Å². The van der Waals surface area contributed by atoms with Gasteiger partial charge in [-0.3, -0.25) is 4.99 Å². The van der Waals surface area contributed by atoms with Crippen LogP contribution in [0.25, 0.3) is 0 Å².